The van der Waals surface area contributed by atoms with Crippen LogP contribution in [-0.4, -0.2) is 47.8 Å². The summed E-state index contributed by atoms with van der Waals surface area (Å²) in [4.78, 5) is 27.3. The van der Waals surface area contributed by atoms with Crippen LogP contribution in [0.25, 0.3) is 0 Å². The maximum atomic E-state index is 12.0. The Balaban J connectivity index is 4.63. The maximum absolute atomic E-state index is 12.0. The van der Waals surface area contributed by atoms with Crippen LogP contribution in [0.15, 0.2) is 49.6 Å². The lowest BCUT2D eigenvalue weighted by atomic mass is 10.2. The van der Waals surface area contributed by atoms with Gasteiger partial charge in [0.2, 0.25) is 11.8 Å². The van der Waals surface area contributed by atoms with E-state index in [2.05, 4.69) is 19.7 Å². The first kappa shape index (κ1) is 19.9. The van der Waals surface area contributed by atoms with Crippen LogP contribution in [0.5, 0.6) is 0 Å². The first-order chi connectivity index (χ1) is 10.3. The first-order valence-corrected chi connectivity index (χ1v) is 7.45. The molecule has 0 heterocycles. The number of amides is 2. The minimum atomic E-state index is -0.0919. The second-order valence-electron chi connectivity index (χ2n) is 5.44. The molecule has 2 amide bonds. The van der Waals surface area contributed by atoms with Crippen LogP contribution in [0.1, 0.15) is 20.8 Å². The summed E-state index contributed by atoms with van der Waals surface area (Å²) in [5.41, 5.74) is 0.499. The fraction of sp³-hybridized carbons (Fsp3) is 0.444. The van der Waals surface area contributed by atoms with Crippen molar-refractivity contribution >= 4 is 11.8 Å². The van der Waals surface area contributed by atoms with E-state index in [-0.39, 0.29) is 17.7 Å². The molecule has 0 N–H and O–H groups in total. The Bertz CT molecular complexity index is 450. The number of nitrogens with zero attached hydrogens (tertiary/aromatic N) is 2. The quantitative estimate of drug-likeness (QED) is 0.460. The molecule has 0 aliphatic rings. The molecule has 0 unspecified atom stereocenters. The van der Waals surface area contributed by atoms with E-state index in [1.165, 1.54) is 0 Å². The molecule has 4 nitrogen and oxygen atoms in total. The molecule has 0 atom stereocenters. The van der Waals surface area contributed by atoms with Gasteiger partial charge in [0.15, 0.2) is 0 Å². The van der Waals surface area contributed by atoms with E-state index in [0.717, 1.165) is 0 Å². The minimum absolute atomic E-state index is 0.0457. The molecule has 22 heavy (non-hydrogen) atoms. The summed E-state index contributed by atoms with van der Waals surface area (Å²) in [5, 5.41) is 0. The SMILES string of the molecule is C=CCN(C/C=C/CN(CC=C)C(=O)C(C)C)C(=O)C(=C)C. The Hall–Kier alpha value is -2.10. The normalized spacial score (nSPS) is 10.5. The number of hydrogen-bond acceptors (Lipinski definition) is 2. The van der Waals surface area contributed by atoms with Crippen molar-refractivity contribution in [1.29, 1.82) is 0 Å². The van der Waals surface area contributed by atoms with E-state index in [9.17, 15) is 9.59 Å². The van der Waals surface area contributed by atoms with Crippen molar-refractivity contribution < 1.29 is 9.59 Å². The second kappa shape index (κ2) is 10.6. The number of hydrogen-bond donors (Lipinski definition) is 0. The third-order valence-corrected chi connectivity index (χ3v) is 2.98. The van der Waals surface area contributed by atoms with E-state index in [1.807, 2.05) is 26.0 Å². The van der Waals surface area contributed by atoms with Gasteiger partial charge in [-0.25, -0.2) is 0 Å². The molecule has 0 aromatic heterocycles. The third-order valence-electron chi connectivity index (χ3n) is 2.98. The molecule has 0 aliphatic carbocycles. The van der Waals surface area contributed by atoms with Gasteiger partial charge >= 0.3 is 0 Å². The molecular weight excluding hydrogens is 276 g/mol. The zero-order valence-electron chi connectivity index (χ0n) is 14.0. The summed E-state index contributed by atoms with van der Waals surface area (Å²) >= 11 is 0. The standard InChI is InChI=1S/C18H28N2O2/c1-7-11-19(17(21)15(3)4)13-9-10-14-20(12-8-2)18(22)16(5)6/h7-10,16H,1-3,11-14H2,4-6H3/b10-9+. The molecule has 0 aliphatic heterocycles. The van der Waals surface area contributed by atoms with Crippen molar-refractivity contribution in [2.45, 2.75) is 20.8 Å². The zero-order valence-corrected chi connectivity index (χ0v) is 14.0. The first-order valence-electron chi connectivity index (χ1n) is 7.45. The van der Waals surface area contributed by atoms with Crippen LogP contribution in [-0.2, 0) is 9.59 Å². The monoisotopic (exact) mass is 304 g/mol. The van der Waals surface area contributed by atoms with Gasteiger partial charge in [-0.2, -0.15) is 0 Å². The molecule has 4 heteroatoms. The van der Waals surface area contributed by atoms with Gasteiger partial charge in [0.1, 0.15) is 0 Å². The molecule has 0 saturated carbocycles. The Morgan fingerprint density at radius 1 is 0.955 bits per heavy atom. The van der Waals surface area contributed by atoms with Crippen LogP contribution >= 0.6 is 0 Å². The van der Waals surface area contributed by atoms with Crippen molar-refractivity contribution in [1.82, 2.24) is 9.80 Å². The van der Waals surface area contributed by atoms with Crippen molar-refractivity contribution in [3.63, 3.8) is 0 Å². The molecule has 0 fully saturated rings. The molecule has 0 radical (unpaired) electrons. The van der Waals surface area contributed by atoms with Crippen molar-refractivity contribution in [2.24, 2.45) is 5.92 Å². The van der Waals surface area contributed by atoms with Crippen LogP contribution in [0.4, 0.5) is 0 Å². The fourth-order valence-corrected chi connectivity index (χ4v) is 1.85. The summed E-state index contributed by atoms with van der Waals surface area (Å²) in [5.74, 6) is -0.0492. The van der Waals surface area contributed by atoms with Crippen molar-refractivity contribution in [2.75, 3.05) is 26.2 Å². The zero-order chi connectivity index (χ0) is 17.1. The predicted molar refractivity (Wildman–Crippen MR) is 92.3 cm³/mol. The fourth-order valence-electron chi connectivity index (χ4n) is 1.85. The highest BCUT2D eigenvalue weighted by Gasteiger charge is 2.14. The summed E-state index contributed by atoms with van der Waals surface area (Å²) in [6, 6.07) is 0. The Morgan fingerprint density at radius 2 is 1.41 bits per heavy atom. The number of rotatable bonds is 10. The smallest absolute Gasteiger partial charge is 0.249 e. The maximum Gasteiger partial charge on any atom is 0.249 e. The van der Waals surface area contributed by atoms with E-state index in [0.29, 0.717) is 31.8 Å². The highest BCUT2D eigenvalue weighted by atomic mass is 16.2. The third kappa shape index (κ3) is 7.07. The van der Waals surface area contributed by atoms with E-state index in [4.69, 9.17) is 0 Å². The molecule has 0 saturated heterocycles. The van der Waals surface area contributed by atoms with Gasteiger partial charge in [0, 0.05) is 37.7 Å². The molecule has 0 spiro atoms. The van der Waals surface area contributed by atoms with Gasteiger partial charge in [-0.05, 0) is 6.92 Å². The van der Waals surface area contributed by atoms with Gasteiger partial charge in [0.25, 0.3) is 0 Å². The summed E-state index contributed by atoms with van der Waals surface area (Å²) in [6.07, 6.45) is 7.17. The van der Waals surface area contributed by atoms with Gasteiger partial charge in [0.05, 0.1) is 0 Å². The molecule has 0 aromatic carbocycles. The number of carbonyl (C=O) groups is 2. The Kier molecular flexibility index (Phi) is 9.59. The van der Waals surface area contributed by atoms with Crippen LogP contribution in [0, 0.1) is 5.92 Å². The second-order valence-corrected chi connectivity index (χ2v) is 5.44. The molecule has 122 valence electrons. The largest absolute Gasteiger partial charge is 0.335 e. The van der Waals surface area contributed by atoms with Crippen molar-refractivity contribution in [3.8, 4) is 0 Å². The average Bonchev–Trinajstić information content (AvgIpc) is 2.47. The number of carbonyl (C=O) groups excluding carboxylic acids is 2. The van der Waals surface area contributed by atoms with E-state index in [1.54, 1.807) is 28.9 Å². The molecule has 0 bridgehead atoms. The average molecular weight is 304 g/mol. The topological polar surface area (TPSA) is 40.6 Å². The van der Waals surface area contributed by atoms with Gasteiger partial charge in [-0.3, -0.25) is 9.59 Å². The van der Waals surface area contributed by atoms with Gasteiger partial charge < -0.3 is 9.80 Å². The summed E-state index contributed by atoms with van der Waals surface area (Å²) < 4.78 is 0. The lowest BCUT2D eigenvalue weighted by Crippen LogP contribution is -2.35. The predicted octanol–water partition coefficient (Wildman–Crippen LogP) is 2.80. The minimum Gasteiger partial charge on any atom is -0.335 e. The molecular formula is C18H28N2O2. The van der Waals surface area contributed by atoms with E-state index >= 15 is 0 Å². The van der Waals surface area contributed by atoms with Gasteiger partial charge in [-0.1, -0.05) is 44.7 Å². The lowest BCUT2D eigenvalue weighted by molar-refractivity contribution is -0.133. The highest BCUT2D eigenvalue weighted by molar-refractivity contribution is 5.92. The summed E-state index contributed by atoms with van der Waals surface area (Å²) in [6.45, 7) is 18.4. The van der Waals surface area contributed by atoms with Crippen LogP contribution in [0.3, 0.4) is 0 Å². The highest BCUT2D eigenvalue weighted by Crippen LogP contribution is 2.03. The van der Waals surface area contributed by atoms with Crippen molar-refractivity contribution in [3.05, 3.63) is 49.6 Å². The molecule has 0 rings (SSSR count). The van der Waals surface area contributed by atoms with E-state index < -0.39 is 0 Å². The van der Waals surface area contributed by atoms with Gasteiger partial charge in [-0.15, -0.1) is 13.2 Å². The molecule has 0 aromatic rings. The van der Waals surface area contributed by atoms with Crippen LogP contribution in [0.2, 0.25) is 0 Å². The van der Waals surface area contributed by atoms with Crippen LogP contribution < -0.4 is 0 Å². The lowest BCUT2D eigenvalue weighted by Gasteiger charge is -2.22. The Morgan fingerprint density at radius 3 is 1.82 bits per heavy atom. The Labute approximate surface area is 134 Å². The summed E-state index contributed by atoms with van der Waals surface area (Å²) in [7, 11) is 0.